The van der Waals surface area contributed by atoms with E-state index in [1.54, 1.807) is 7.11 Å². The van der Waals surface area contributed by atoms with Crippen LogP contribution >= 0.6 is 0 Å². The molecule has 2 heterocycles. The second-order valence-corrected chi connectivity index (χ2v) is 8.18. The number of piperidine rings is 2. The fraction of sp³-hybridized carbons (Fsp3) is 0.947. The van der Waals surface area contributed by atoms with E-state index >= 15 is 0 Å². The molecule has 1 aliphatic carbocycles. The summed E-state index contributed by atoms with van der Waals surface area (Å²) in [6.45, 7) is 6.55. The normalized spacial score (nSPS) is 33.5. The molecular weight excluding hydrogens is 304 g/mol. The first-order valence-corrected chi connectivity index (χ1v) is 9.77. The van der Waals surface area contributed by atoms with E-state index in [2.05, 4.69) is 16.7 Å². The number of hydrogen-bond donors (Lipinski definition) is 1. The second kappa shape index (κ2) is 7.71. The van der Waals surface area contributed by atoms with Crippen LogP contribution in [0, 0.1) is 11.8 Å². The van der Waals surface area contributed by atoms with Crippen molar-refractivity contribution in [1.29, 1.82) is 0 Å². The van der Waals surface area contributed by atoms with Gasteiger partial charge in [0, 0.05) is 51.9 Å². The van der Waals surface area contributed by atoms with E-state index in [-0.39, 0.29) is 5.92 Å². The summed E-state index contributed by atoms with van der Waals surface area (Å²) in [6, 6.07) is 0.574. The Hall–Kier alpha value is -0.650. The third kappa shape index (κ3) is 3.78. The molecule has 5 heteroatoms. The van der Waals surface area contributed by atoms with Crippen molar-refractivity contribution in [3.63, 3.8) is 0 Å². The summed E-state index contributed by atoms with van der Waals surface area (Å²) in [5, 5.41) is 10.8. The maximum absolute atomic E-state index is 12.4. The Labute approximate surface area is 146 Å². The van der Waals surface area contributed by atoms with Crippen LogP contribution in [0.25, 0.3) is 0 Å². The number of carbonyl (C=O) groups is 1. The summed E-state index contributed by atoms with van der Waals surface area (Å²) in [7, 11) is 1.70. The van der Waals surface area contributed by atoms with Crippen LogP contribution in [-0.4, -0.2) is 72.4 Å². The Bertz CT molecular complexity index is 432. The van der Waals surface area contributed by atoms with Gasteiger partial charge >= 0.3 is 0 Å². The van der Waals surface area contributed by atoms with Crippen molar-refractivity contribution in [2.75, 3.05) is 39.9 Å². The van der Waals surface area contributed by atoms with Crippen LogP contribution in [0.4, 0.5) is 0 Å². The third-order valence-electron chi connectivity index (χ3n) is 6.74. The van der Waals surface area contributed by atoms with Gasteiger partial charge in [0.05, 0.1) is 5.60 Å². The molecule has 0 aromatic heterocycles. The molecule has 3 fully saturated rings. The molecule has 2 atom stereocenters. The average molecular weight is 338 g/mol. The molecule has 0 radical (unpaired) electrons. The molecule has 0 unspecified atom stereocenters. The highest BCUT2D eigenvalue weighted by Crippen LogP contribution is 2.34. The fourth-order valence-corrected chi connectivity index (χ4v) is 4.54. The van der Waals surface area contributed by atoms with Gasteiger partial charge in [0.2, 0.25) is 5.91 Å². The molecule has 3 aliphatic rings. The van der Waals surface area contributed by atoms with Crippen LogP contribution in [0.2, 0.25) is 0 Å². The van der Waals surface area contributed by atoms with E-state index in [4.69, 9.17) is 4.74 Å². The Morgan fingerprint density at radius 2 is 1.92 bits per heavy atom. The van der Waals surface area contributed by atoms with E-state index in [1.165, 1.54) is 6.42 Å². The SMILES string of the molecule is COCC[C@]1(O)CCN(C2CCN(C(=O)C3CCC3)CC2)C[C@H]1C. The Kier molecular flexibility index (Phi) is 5.83. The summed E-state index contributed by atoms with van der Waals surface area (Å²) in [5.74, 6) is 1.00. The van der Waals surface area contributed by atoms with Crippen LogP contribution < -0.4 is 0 Å². The Morgan fingerprint density at radius 3 is 2.46 bits per heavy atom. The van der Waals surface area contributed by atoms with Gasteiger partial charge in [0.15, 0.2) is 0 Å². The summed E-state index contributed by atoms with van der Waals surface area (Å²) < 4.78 is 5.16. The molecule has 0 aromatic carbocycles. The smallest absolute Gasteiger partial charge is 0.225 e. The standard InChI is InChI=1S/C19H34N2O3/c1-15-14-21(12-8-19(15,23)9-13-24-2)17-6-10-20(11-7-17)18(22)16-4-3-5-16/h15-17,23H,3-14H2,1-2H3/t15-,19-/m1/s1. The van der Waals surface area contributed by atoms with Gasteiger partial charge < -0.3 is 14.7 Å². The van der Waals surface area contributed by atoms with Gasteiger partial charge in [-0.15, -0.1) is 0 Å². The topological polar surface area (TPSA) is 53.0 Å². The van der Waals surface area contributed by atoms with Crippen molar-refractivity contribution in [1.82, 2.24) is 9.80 Å². The summed E-state index contributed by atoms with van der Waals surface area (Å²) in [4.78, 5) is 17.0. The molecule has 0 bridgehead atoms. The lowest BCUT2D eigenvalue weighted by atomic mass is 9.79. The number of ether oxygens (including phenoxy) is 1. The molecule has 0 spiro atoms. The van der Waals surface area contributed by atoms with Gasteiger partial charge in [-0.2, -0.15) is 0 Å². The molecule has 1 N–H and O–H groups in total. The molecule has 3 rings (SSSR count). The minimum atomic E-state index is -0.576. The van der Waals surface area contributed by atoms with Gasteiger partial charge in [0.25, 0.3) is 0 Å². The number of hydrogen-bond acceptors (Lipinski definition) is 4. The highest BCUT2D eigenvalue weighted by Gasteiger charge is 2.41. The van der Waals surface area contributed by atoms with Crippen molar-refractivity contribution in [3.8, 4) is 0 Å². The maximum Gasteiger partial charge on any atom is 0.225 e. The van der Waals surface area contributed by atoms with Crippen LogP contribution in [0.15, 0.2) is 0 Å². The number of rotatable bonds is 5. The van der Waals surface area contributed by atoms with Gasteiger partial charge in [0.1, 0.15) is 0 Å². The van der Waals surface area contributed by atoms with E-state index in [9.17, 15) is 9.90 Å². The van der Waals surface area contributed by atoms with Crippen LogP contribution in [-0.2, 0) is 9.53 Å². The number of carbonyl (C=O) groups excluding carboxylic acids is 1. The van der Waals surface area contributed by atoms with Crippen LogP contribution in [0.1, 0.15) is 51.9 Å². The average Bonchev–Trinajstić information content (AvgIpc) is 2.54. The Morgan fingerprint density at radius 1 is 1.21 bits per heavy atom. The molecule has 2 aliphatic heterocycles. The van der Waals surface area contributed by atoms with Crippen molar-refractivity contribution in [2.24, 2.45) is 11.8 Å². The van der Waals surface area contributed by atoms with Gasteiger partial charge in [-0.05, 0) is 44.4 Å². The monoisotopic (exact) mass is 338 g/mol. The van der Waals surface area contributed by atoms with Crippen LogP contribution in [0.5, 0.6) is 0 Å². The van der Waals surface area contributed by atoms with Gasteiger partial charge in [-0.1, -0.05) is 13.3 Å². The summed E-state index contributed by atoms with van der Waals surface area (Å²) in [6.07, 6.45) is 7.16. The summed E-state index contributed by atoms with van der Waals surface area (Å²) in [5.41, 5.74) is -0.576. The molecule has 1 saturated carbocycles. The van der Waals surface area contributed by atoms with E-state index < -0.39 is 5.60 Å². The zero-order valence-corrected chi connectivity index (χ0v) is 15.4. The highest BCUT2D eigenvalue weighted by molar-refractivity contribution is 5.79. The molecule has 2 saturated heterocycles. The largest absolute Gasteiger partial charge is 0.389 e. The minimum absolute atomic E-state index is 0.274. The first kappa shape index (κ1) is 18.2. The third-order valence-corrected chi connectivity index (χ3v) is 6.74. The van der Waals surface area contributed by atoms with Crippen molar-refractivity contribution in [2.45, 2.75) is 63.5 Å². The fourth-order valence-electron chi connectivity index (χ4n) is 4.54. The number of nitrogens with zero attached hydrogens (tertiary/aromatic N) is 2. The molecule has 0 aromatic rings. The molecule has 1 amide bonds. The number of likely N-dealkylation sites (tertiary alicyclic amines) is 2. The van der Waals surface area contributed by atoms with E-state index in [1.807, 2.05) is 0 Å². The number of aliphatic hydroxyl groups is 1. The van der Waals surface area contributed by atoms with Crippen molar-refractivity contribution < 1.29 is 14.6 Å². The van der Waals surface area contributed by atoms with Gasteiger partial charge in [-0.25, -0.2) is 0 Å². The zero-order valence-electron chi connectivity index (χ0n) is 15.4. The predicted molar refractivity (Wildman–Crippen MR) is 93.7 cm³/mol. The zero-order chi connectivity index (χ0) is 17.2. The van der Waals surface area contributed by atoms with Crippen molar-refractivity contribution >= 4 is 5.91 Å². The minimum Gasteiger partial charge on any atom is -0.389 e. The Balaban J connectivity index is 1.46. The predicted octanol–water partition coefficient (Wildman–Crippen LogP) is 1.89. The van der Waals surface area contributed by atoms with E-state index in [0.29, 0.717) is 24.5 Å². The number of methoxy groups -OCH3 is 1. The first-order valence-electron chi connectivity index (χ1n) is 9.77. The maximum atomic E-state index is 12.4. The quantitative estimate of drug-likeness (QED) is 0.832. The summed E-state index contributed by atoms with van der Waals surface area (Å²) >= 11 is 0. The second-order valence-electron chi connectivity index (χ2n) is 8.18. The van der Waals surface area contributed by atoms with E-state index in [0.717, 1.165) is 64.7 Å². The van der Waals surface area contributed by atoms with Crippen molar-refractivity contribution in [3.05, 3.63) is 0 Å². The number of amides is 1. The lowest BCUT2D eigenvalue weighted by Gasteiger charge is -2.48. The molecule has 5 nitrogen and oxygen atoms in total. The lowest BCUT2D eigenvalue weighted by molar-refractivity contribution is -0.140. The highest BCUT2D eigenvalue weighted by atomic mass is 16.5. The molecular formula is C19H34N2O3. The lowest BCUT2D eigenvalue weighted by Crippen LogP contribution is -2.56. The molecule has 24 heavy (non-hydrogen) atoms. The first-order chi connectivity index (χ1) is 11.5. The van der Waals surface area contributed by atoms with Gasteiger partial charge in [-0.3, -0.25) is 9.69 Å². The van der Waals surface area contributed by atoms with Crippen LogP contribution in [0.3, 0.4) is 0 Å². The molecule has 138 valence electrons.